The van der Waals surface area contributed by atoms with Gasteiger partial charge in [0.25, 0.3) is 11.8 Å². The first-order valence-corrected chi connectivity index (χ1v) is 11.7. The van der Waals surface area contributed by atoms with Crippen molar-refractivity contribution in [1.29, 1.82) is 0 Å². The van der Waals surface area contributed by atoms with E-state index in [0.717, 1.165) is 55.5 Å². The molecule has 0 radical (unpaired) electrons. The average Bonchev–Trinajstić information content (AvgIpc) is 2.90. The summed E-state index contributed by atoms with van der Waals surface area (Å²) in [5.41, 5.74) is 3.19. The minimum absolute atomic E-state index is 0.0391. The molecule has 1 N–H and O–H groups in total. The number of anilines is 1. The highest BCUT2D eigenvalue weighted by molar-refractivity contribution is 5.97. The van der Waals surface area contributed by atoms with Crippen molar-refractivity contribution < 1.29 is 19.1 Å². The largest absolute Gasteiger partial charge is 0.481 e. The maximum atomic E-state index is 13.1. The molecule has 5 heterocycles. The van der Waals surface area contributed by atoms with E-state index in [-0.39, 0.29) is 24.5 Å². The number of fused-ring (bicyclic) bond motifs is 2. The van der Waals surface area contributed by atoms with Gasteiger partial charge in [-0.2, -0.15) is 0 Å². The lowest BCUT2D eigenvalue weighted by atomic mass is 10.0. The molecular weight excluding hydrogens is 448 g/mol. The van der Waals surface area contributed by atoms with E-state index in [4.69, 9.17) is 9.47 Å². The van der Waals surface area contributed by atoms with Gasteiger partial charge in [-0.25, -0.2) is 9.97 Å². The Morgan fingerprint density at radius 3 is 2.83 bits per heavy atom. The third kappa shape index (κ3) is 4.88. The molecule has 0 atom stereocenters. The van der Waals surface area contributed by atoms with Crippen LogP contribution in [0.25, 0.3) is 11.0 Å². The lowest BCUT2D eigenvalue weighted by Crippen LogP contribution is -2.46. The molecule has 0 unspecified atom stereocenters. The standard InChI is InChI=1S/C25H28N6O4/c1-30(25(33)19-3-5-20-24(27-19)28-21(32)15-35-20)17-9-13-31(14-10-17)12-8-16-7-11-26-18-4-6-22(34-2)29-23(16)18/h3-7,11,17H,8-10,12-15H2,1-2H3,(H,27,28,32). The van der Waals surface area contributed by atoms with E-state index in [1.165, 1.54) is 0 Å². The van der Waals surface area contributed by atoms with Crippen LogP contribution in [0.3, 0.4) is 0 Å². The zero-order valence-electron chi connectivity index (χ0n) is 19.9. The van der Waals surface area contributed by atoms with E-state index in [2.05, 4.69) is 25.2 Å². The van der Waals surface area contributed by atoms with Crippen LogP contribution in [0.4, 0.5) is 5.82 Å². The number of pyridine rings is 3. The van der Waals surface area contributed by atoms with Gasteiger partial charge in [0.05, 0.1) is 18.1 Å². The third-order valence-corrected chi connectivity index (χ3v) is 6.67. The molecule has 182 valence electrons. The van der Waals surface area contributed by atoms with Crippen LogP contribution in [0.15, 0.2) is 36.5 Å². The molecule has 0 spiro atoms. The highest BCUT2D eigenvalue weighted by Crippen LogP contribution is 2.26. The molecule has 3 aromatic rings. The summed E-state index contributed by atoms with van der Waals surface area (Å²) in [6.07, 6.45) is 4.46. The normalized spacial score (nSPS) is 16.3. The van der Waals surface area contributed by atoms with Crippen LogP contribution in [0.5, 0.6) is 11.6 Å². The molecule has 0 saturated carbocycles. The number of hydrogen-bond donors (Lipinski definition) is 1. The molecule has 1 saturated heterocycles. The van der Waals surface area contributed by atoms with Crippen LogP contribution >= 0.6 is 0 Å². The Kier molecular flexibility index (Phi) is 6.45. The third-order valence-electron chi connectivity index (χ3n) is 6.67. The SMILES string of the molecule is COc1ccc2nccc(CCN3CCC(N(C)C(=O)c4ccc5c(n4)NC(=O)CO5)CC3)c2n1. The van der Waals surface area contributed by atoms with Gasteiger partial charge < -0.3 is 24.6 Å². The first-order valence-electron chi connectivity index (χ1n) is 11.7. The topological polar surface area (TPSA) is 110 Å². The molecule has 35 heavy (non-hydrogen) atoms. The lowest BCUT2D eigenvalue weighted by Gasteiger charge is -2.36. The maximum Gasteiger partial charge on any atom is 0.272 e. The molecule has 0 aliphatic carbocycles. The Bertz CT molecular complexity index is 1260. The summed E-state index contributed by atoms with van der Waals surface area (Å²) in [5, 5.41) is 2.66. The summed E-state index contributed by atoms with van der Waals surface area (Å²) in [6.45, 7) is 2.68. The zero-order valence-corrected chi connectivity index (χ0v) is 19.9. The van der Waals surface area contributed by atoms with Crippen LogP contribution in [0, 0.1) is 0 Å². The van der Waals surface area contributed by atoms with Crippen molar-refractivity contribution in [2.24, 2.45) is 0 Å². The highest BCUT2D eigenvalue weighted by Gasteiger charge is 2.28. The number of ether oxygens (including phenoxy) is 2. The van der Waals surface area contributed by atoms with E-state index in [0.29, 0.717) is 23.1 Å². The molecule has 1 fully saturated rings. The van der Waals surface area contributed by atoms with Crippen LogP contribution < -0.4 is 14.8 Å². The Labute approximate surface area is 203 Å². The average molecular weight is 477 g/mol. The smallest absolute Gasteiger partial charge is 0.272 e. The number of hydrogen-bond acceptors (Lipinski definition) is 8. The molecule has 3 aromatic heterocycles. The van der Waals surface area contributed by atoms with Crippen molar-refractivity contribution >= 4 is 28.7 Å². The molecular formula is C25H28N6O4. The first kappa shape index (κ1) is 23.0. The van der Waals surface area contributed by atoms with Crippen molar-refractivity contribution in [3.8, 4) is 11.6 Å². The van der Waals surface area contributed by atoms with Crippen LogP contribution in [-0.4, -0.2) is 83.0 Å². The van der Waals surface area contributed by atoms with Crippen molar-refractivity contribution in [2.45, 2.75) is 25.3 Å². The number of piperidine rings is 1. The number of nitrogens with one attached hydrogen (secondary N) is 1. The van der Waals surface area contributed by atoms with E-state index < -0.39 is 0 Å². The molecule has 2 aliphatic rings. The van der Waals surface area contributed by atoms with Crippen LogP contribution in [0.2, 0.25) is 0 Å². The number of likely N-dealkylation sites (tertiary alicyclic amines) is 1. The number of nitrogens with zero attached hydrogens (tertiary/aromatic N) is 5. The molecule has 10 nitrogen and oxygen atoms in total. The minimum atomic E-state index is -0.273. The number of methoxy groups -OCH3 is 1. The fourth-order valence-electron chi connectivity index (χ4n) is 4.61. The lowest BCUT2D eigenvalue weighted by molar-refractivity contribution is -0.118. The number of carbonyl (C=O) groups is 2. The van der Waals surface area contributed by atoms with E-state index in [9.17, 15) is 9.59 Å². The monoisotopic (exact) mass is 476 g/mol. The van der Waals surface area contributed by atoms with Gasteiger partial charge in [0.2, 0.25) is 5.88 Å². The summed E-state index contributed by atoms with van der Waals surface area (Å²) in [5.74, 6) is 0.932. The quantitative estimate of drug-likeness (QED) is 0.576. The van der Waals surface area contributed by atoms with Gasteiger partial charge in [-0.15, -0.1) is 0 Å². The summed E-state index contributed by atoms with van der Waals surface area (Å²) in [7, 11) is 3.44. The van der Waals surface area contributed by atoms with Crippen LogP contribution in [0.1, 0.15) is 28.9 Å². The van der Waals surface area contributed by atoms with Gasteiger partial charge >= 0.3 is 0 Å². The van der Waals surface area contributed by atoms with E-state index >= 15 is 0 Å². The highest BCUT2D eigenvalue weighted by atomic mass is 16.5. The molecule has 2 amide bonds. The van der Waals surface area contributed by atoms with Crippen molar-refractivity contribution in [2.75, 3.05) is 45.7 Å². The minimum Gasteiger partial charge on any atom is -0.481 e. The van der Waals surface area contributed by atoms with Crippen molar-refractivity contribution in [3.05, 3.63) is 47.8 Å². The second kappa shape index (κ2) is 9.83. The first-order chi connectivity index (χ1) is 17.0. The van der Waals surface area contributed by atoms with E-state index in [1.807, 2.05) is 31.4 Å². The van der Waals surface area contributed by atoms with Gasteiger partial charge in [0.15, 0.2) is 18.2 Å². The van der Waals surface area contributed by atoms with Crippen LogP contribution in [-0.2, 0) is 11.2 Å². The summed E-state index contributed by atoms with van der Waals surface area (Å²) < 4.78 is 10.6. The number of aromatic nitrogens is 3. The number of amides is 2. The maximum absolute atomic E-state index is 13.1. The van der Waals surface area contributed by atoms with Gasteiger partial charge in [0, 0.05) is 45.0 Å². The number of rotatable bonds is 6. The second-order valence-corrected chi connectivity index (χ2v) is 8.81. The predicted molar refractivity (Wildman–Crippen MR) is 130 cm³/mol. The summed E-state index contributed by atoms with van der Waals surface area (Å²) >= 11 is 0. The predicted octanol–water partition coefficient (Wildman–Crippen LogP) is 2.14. The van der Waals surface area contributed by atoms with Crippen molar-refractivity contribution in [1.82, 2.24) is 24.8 Å². The molecule has 0 aromatic carbocycles. The Morgan fingerprint density at radius 1 is 1.20 bits per heavy atom. The zero-order chi connectivity index (χ0) is 24.4. The van der Waals surface area contributed by atoms with E-state index in [1.54, 1.807) is 24.1 Å². The fourth-order valence-corrected chi connectivity index (χ4v) is 4.61. The molecule has 2 aliphatic heterocycles. The molecule has 5 rings (SSSR count). The number of carbonyl (C=O) groups excluding carboxylic acids is 2. The second-order valence-electron chi connectivity index (χ2n) is 8.81. The Morgan fingerprint density at radius 2 is 2.03 bits per heavy atom. The van der Waals surface area contributed by atoms with Gasteiger partial charge in [-0.3, -0.25) is 14.6 Å². The van der Waals surface area contributed by atoms with Gasteiger partial charge in [0.1, 0.15) is 5.69 Å². The van der Waals surface area contributed by atoms with Gasteiger partial charge in [-0.05, 0) is 49.1 Å². The van der Waals surface area contributed by atoms with Gasteiger partial charge in [-0.1, -0.05) is 0 Å². The summed E-state index contributed by atoms with van der Waals surface area (Å²) in [4.78, 5) is 42.1. The molecule has 0 bridgehead atoms. The van der Waals surface area contributed by atoms with Crippen molar-refractivity contribution in [3.63, 3.8) is 0 Å². The Balaban J connectivity index is 1.17. The molecule has 10 heteroatoms. The Hall–Kier alpha value is -3.79. The fraction of sp³-hybridized carbons (Fsp3) is 0.400. The summed E-state index contributed by atoms with van der Waals surface area (Å²) in [6, 6.07) is 9.24.